The monoisotopic (exact) mass is 309 g/mol. The van der Waals surface area contributed by atoms with E-state index in [0.29, 0.717) is 17.1 Å². The number of methoxy groups -OCH3 is 1. The first-order valence-corrected chi connectivity index (χ1v) is 6.94. The van der Waals surface area contributed by atoms with Gasteiger partial charge in [0.25, 0.3) is 5.91 Å². The third-order valence-electron chi connectivity index (χ3n) is 3.37. The molecule has 1 aliphatic heterocycles. The zero-order valence-corrected chi connectivity index (χ0v) is 12.6. The van der Waals surface area contributed by atoms with Crippen molar-refractivity contribution in [1.29, 1.82) is 0 Å². The Balaban J connectivity index is 2.13. The SMILES string of the molecule is COC(=O)C(C)CN(CCO)C(=O)c1ccc2c(c1)OCO2. The van der Waals surface area contributed by atoms with Gasteiger partial charge in [0.2, 0.25) is 6.79 Å². The molecular weight excluding hydrogens is 290 g/mol. The van der Waals surface area contributed by atoms with E-state index in [1.54, 1.807) is 25.1 Å². The number of esters is 1. The molecule has 2 rings (SSSR count). The van der Waals surface area contributed by atoms with Crippen LogP contribution in [0.5, 0.6) is 11.5 Å². The van der Waals surface area contributed by atoms with Gasteiger partial charge in [0.15, 0.2) is 11.5 Å². The number of carbonyl (C=O) groups is 2. The number of ether oxygens (including phenoxy) is 3. The zero-order chi connectivity index (χ0) is 16.1. The summed E-state index contributed by atoms with van der Waals surface area (Å²) < 4.78 is 15.1. The third-order valence-corrected chi connectivity index (χ3v) is 3.37. The summed E-state index contributed by atoms with van der Waals surface area (Å²) in [5.41, 5.74) is 0.412. The second-order valence-electron chi connectivity index (χ2n) is 4.97. The van der Waals surface area contributed by atoms with E-state index in [-0.39, 0.29) is 32.4 Å². The van der Waals surface area contributed by atoms with Crippen molar-refractivity contribution in [2.24, 2.45) is 5.92 Å². The highest BCUT2D eigenvalue weighted by atomic mass is 16.7. The number of fused-ring (bicyclic) bond motifs is 1. The van der Waals surface area contributed by atoms with E-state index >= 15 is 0 Å². The fourth-order valence-electron chi connectivity index (χ4n) is 2.21. The molecule has 0 fully saturated rings. The fourth-order valence-corrected chi connectivity index (χ4v) is 2.21. The van der Waals surface area contributed by atoms with Gasteiger partial charge in [0, 0.05) is 18.7 Å². The molecule has 0 spiro atoms. The van der Waals surface area contributed by atoms with Crippen molar-refractivity contribution in [3.8, 4) is 11.5 Å². The molecule has 0 bridgehead atoms. The van der Waals surface area contributed by atoms with Crippen molar-refractivity contribution in [2.75, 3.05) is 33.6 Å². The standard InChI is InChI=1S/C15H19NO6/c1-10(15(19)20-2)8-16(5-6-17)14(18)11-3-4-12-13(7-11)22-9-21-12/h3-4,7,10,17H,5-6,8-9H2,1-2H3. The van der Waals surface area contributed by atoms with Gasteiger partial charge in [0.1, 0.15) is 0 Å². The normalized spacial score (nSPS) is 13.6. The first kappa shape index (κ1) is 16.1. The molecule has 1 aromatic carbocycles. The molecule has 1 amide bonds. The molecular formula is C15H19NO6. The highest BCUT2D eigenvalue weighted by Crippen LogP contribution is 2.32. The van der Waals surface area contributed by atoms with Gasteiger partial charge in [-0.25, -0.2) is 0 Å². The molecule has 1 unspecified atom stereocenters. The van der Waals surface area contributed by atoms with E-state index in [9.17, 15) is 9.59 Å². The molecule has 0 radical (unpaired) electrons. The van der Waals surface area contributed by atoms with Gasteiger partial charge in [-0.15, -0.1) is 0 Å². The highest BCUT2D eigenvalue weighted by molar-refractivity contribution is 5.95. The molecule has 7 nitrogen and oxygen atoms in total. The van der Waals surface area contributed by atoms with Crippen LogP contribution < -0.4 is 9.47 Å². The van der Waals surface area contributed by atoms with E-state index in [4.69, 9.17) is 14.6 Å². The molecule has 7 heteroatoms. The van der Waals surface area contributed by atoms with Crippen LogP contribution in [0.4, 0.5) is 0 Å². The number of aliphatic hydroxyl groups is 1. The predicted octanol–water partition coefficient (Wildman–Crippen LogP) is 0.659. The molecule has 1 aliphatic rings. The number of amides is 1. The summed E-state index contributed by atoms with van der Waals surface area (Å²) in [5.74, 6) is -0.0666. The van der Waals surface area contributed by atoms with Crippen LogP contribution in [0.15, 0.2) is 18.2 Å². The lowest BCUT2D eigenvalue weighted by molar-refractivity contribution is -0.145. The number of hydrogen-bond donors (Lipinski definition) is 1. The Bertz CT molecular complexity index is 559. The van der Waals surface area contributed by atoms with Crippen molar-refractivity contribution >= 4 is 11.9 Å². The molecule has 1 atom stereocenters. The van der Waals surface area contributed by atoms with Crippen molar-refractivity contribution in [2.45, 2.75) is 6.92 Å². The predicted molar refractivity (Wildman–Crippen MR) is 76.7 cm³/mol. The summed E-state index contributed by atoms with van der Waals surface area (Å²) in [6.07, 6.45) is 0. The zero-order valence-electron chi connectivity index (χ0n) is 12.6. The highest BCUT2D eigenvalue weighted by Gasteiger charge is 2.24. The van der Waals surface area contributed by atoms with E-state index in [1.807, 2.05) is 0 Å². The second kappa shape index (κ2) is 7.13. The summed E-state index contributed by atoms with van der Waals surface area (Å²) in [6, 6.07) is 4.89. The van der Waals surface area contributed by atoms with Crippen LogP contribution in [0, 0.1) is 5.92 Å². The Kier molecular flexibility index (Phi) is 5.21. The molecule has 0 aromatic heterocycles. The minimum atomic E-state index is -0.477. The molecule has 120 valence electrons. The average Bonchev–Trinajstić information content (AvgIpc) is 3.00. The number of aliphatic hydroxyl groups excluding tert-OH is 1. The first-order valence-electron chi connectivity index (χ1n) is 6.94. The Labute approximate surface area is 128 Å². The van der Waals surface area contributed by atoms with Crippen LogP contribution in [0.1, 0.15) is 17.3 Å². The molecule has 1 heterocycles. The number of benzene rings is 1. The summed E-state index contributed by atoms with van der Waals surface area (Å²) in [5, 5.41) is 9.14. The third kappa shape index (κ3) is 3.48. The Morgan fingerprint density at radius 1 is 1.36 bits per heavy atom. The van der Waals surface area contributed by atoms with Gasteiger partial charge in [-0.2, -0.15) is 0 Å². The topological polar surface area (TPSA) is 85.3 Å². The summed E-state index contributed by atoms with van der Waals surface area (Å²) in [4.78, 5) is 25.5. The maximum absolute atomic E-state index is 12.5. The first-order chi connectivity index (χ1) is 10.6. The van der Waals surface area contributed by atoms with E-state index in [2.05, 4.69) is 4.74 Å². The Morgan fingerprint density at radius 3 is 2.77 bits per heavy atom. The minimum Gasteiger partial charge on any atom is -0.469 e. The number of nitrogens with zero attached hydrogens (tertiary/aromatic N) is 1. The maximum Gasteiger partial charge on any atom is 0.310 e. The van der Waals surface area contributed by atoms with Gasteiger partial charge in [-0.1, -0.05) is 6.92 Å². The lowest BCUT2D eigenvalue weighted by Gasteiger charge is -2.24. The van der Waals surface area contributed by atoms with Crippen molar-refractivity contribution in [1.82, 2.24) is 4.90 Å². The summed E-state index contributed by atoms with van der Waals surface area (Å²) >= 11 is 0. The van der Waals surface area contributed by atoms with Crippen LogP contribution in [0.2, 0.25) is 0 Å². The summed E-state index contributed by atoms with van der Waals surface area (Å²) in [6.45, 7) is 1.91. The number of hydrogen-bond acceptors (Lipinski definition) is 6. The molecule has 1 aromatic rings. The van der Waals surface area contributed by atoms with Crippen LogP contribution in [0.3, 0.4) is 0 Å². The largest absolute Gasteiger partial charge is 0.469 e. The molecule has 0 saturated heterocycles. The molecule has 0 saturated carbocycles. The van der Waals surface area contributed by atoms with E-state index in [1.165, 1.54) is 12.0 Å². The van der Waals surface area contributed by atoms with Gasteiger partial charge in [-0.05, 0) is 18.2 Å². The minimum absolute atomic E-state index is 0.132. The van der Waals surface area contributed by atoms with E-state index in [0.717, 1.165) is 0 Å². The van der Waals surface area contributed by atoms with Gasteiger partial charge in [-0.3, -0.25) is 9.59 Å². The molecule has 22 heavy (non-hydrogen) atoms. The summed E-state index contributed by atoms with van der Waals surface area (Å²) in [7, 11) is 1.30. The van der Waals surface area contributed by atoms with Crippen LogP contribution >= 0.6 is 0 Å². The number of rotatable bonds is 6. The quantitative estimate of drug-likeness (QED) is 0.777. The number of carbonyl (C=O) groups excluding carboxylic acids is 2. The molecule has 1 N–H and O–H groups in total. The second-order valence-corrected chi connectivity index (χ2v) is 4.97. The Hall–Kier alpha value is -2.28. The van der Waals surface area contributed by atoms with Crippen molar-refractivity contribution < 1.29 is 28.9 Å². The van der Waals surface area contributed by atoms with Gasteiger partial charge in [0.05, 0.1) is 19.6 Å². The molecule has 0 aliphatic carbocycles. The Morgan fingerprint density at radius 2 is 2.09 bits per heavy atom. The fraction of sp³-hybridized carbons (Fsp3) is 0.467. The lowest BCUT2D eigenvalue weighted by atomic mass is 10.1. The maximum atomic E-state index is 12.5. The van der Waals surface area contributed by atoms with Crippen molar-refractivity contribution in [3.05, 3.63) is 23.8 Å². The average molecular weight is 309 g/mol. The smallest absolute Gasteiger partial charge is 0.310 e. The van der Waals surface area contributed by atoms with Crippen LogP contribution in [-0.2, 0) is 9.53 Å². The van der Waals surface area contributed by atoms with Crippen LogP contribution in [-0.4, -0.2) is 55.5 Å². The van der Waals surface area contributed by atoms with Gasteiger partial charge >= 0.3 is 5.97 Å². The lowest BCUT2D eigenvalue weighted by Crippen LogP contribution is -2.39. The van der Waals surface area contributed by atoms with Crippen LogP contribution in [0.25, 0.3) is 0 Å². The van der Waals surface area contributed by atoms with E-state index < -0.39 is 11.9 Å². The van der Waals surface area contributed by atoms with Crippen molar-refractivity contribution in [3.63, 3.8) is 0 Å². The van der Waals surface area contributed by atoms with Gasteiger partial charge < -0.3 is 24.2 Å².